The van der Waals surface area contributed by atoms with Crippen molar-refractivity contribution in [1.82, 2.24) is 14.9 Å². The maximum Gasteiger partial charge on any atom is 0.353 e. The summed E-state index contributed by atoms with van der Waals surface area (Å²) in [5, 5.41) is 11.8. The second-order valence-electron chi connectivity index (χ2n) is 8.94. The molecular weight excluding hydrogens is 394 g/mol. The Balaban J connectivity index is 1.52. The van der Waals surface area contributed by atoms with Crippen molar-refractivity contribution < 1.29 is 4.92 Å². The summed E-state index contributed by atoms with van der Waals surface area (Å²) in [6, 6.07) is 10.4. The highest BCUT2D eigenvalue weighted by Crippen LogP contribution is 2.36. The van der Waals surface area contributed by atoms with E-state index in [2.05, 4.69) is 57.9 Å². The molecule has 0 amide bonds. The molecule has 0 saturated carbocycles. The Morgan fingerprint density at radius 3 is 2.29 bits per heavy atom. The van der Waals surface area contributed by atoms with Crippen molar-refractivity contribution in [2.75, 3.05) is 54.8 Å². The van der Waals surface area contributed by atoms with Crippen LogP contribution >= 0.6 is 0 Å². The first-order chi connectivity index (χ1) is 14.9. The lowest BCUT2D eigenvalue weighted by Crippen LogP contribution is -2.47. The molecule has 2 saturated heterocycles. The molecule has 1 aromatic carbocycles. The number of benzene rings is 1. The third kappa shape index (κ3) is 4.87. The van der Waals surface area contributed by atoms with E-state index in [-0.39, 0.29) is 11.5 Å². The molecule has 0 bridgehead atoms. The van der Waals surface area contributed by atoms with Gasteiger partial charge in [-0.05, 0) is 23.8 Å². The van der Waals surface area contributed by atoms with Gasteiger partial charge in [0.05, 0.1) is 4.92 Å². The van der Waals surface area contributed by atoms with Gasteiger partial charge in [-0.3, -0.25) is 15.0 Å². The molecule has 9 nitrogen and oxygen atoms in total. The maximum absolute atomic E-state index is 11.8. The van der Waals surface area contributed by atoms with Crippen LogP contribution in [-0.4, -0.2) is 59.1 Å². The average Bonchev–Trinajstić information content (AvgIpc) is 2.73. The maximum atomic E-state index is 11.8. The van der Waals surface area contributed by atoms with Gasteiger partial charge in [0.1, 0.15) is 0 Å². The number of anilines is 3. The van der Waals surface area contributed by atoms with Gasteiger partial charge in [-0.1, -0.05) is 44.2 Å². The molecular formula is C22H31N7O2. The molecule has 31 heavy (non-hydrogen) atoms. The summed E-state index contributed by atoms with van der Waals surface area (Å²) >= 11 is 0. The van der Waals surface area contributed by atoms with Crippen LogP contribution in [0.2, 0.25) is 0 Å². The number of hydrogen-bond acceptors (Lipinski definition) is 8. The molecule has 0 radical (unpaired) electrons. The lowest BCUT2D eigenvalue weighted by atomic mass is 9.92. The first-order valence-electron chi connectivity index (χ1n) is 11.0. The van der Waals surface area contributed by atoms with E-state index in [0.29, 0.717) is 23.6 Å². The van der Waals surface area contributed by atoms with Gasteiger partial charge in [0.2, 0.25) is 17.6 Å². The molecule has 4 rings (SSSR count). The third-order valence-corrected chi connectivity index (χ3v) is 6.14. The second kappa shape index (κ2) is 9.05. The van der Waals surface area contributed by atoms with Crippen molar-refractivity contribution in [3.63, 3.8) is 0 Å². The van der Waals surface area contributed by atoms with Gasteiger partial charge in [0, 0.05) is 45.8 Å². The fraction of sp³-hybridized carbons (Fsp3) is 0.545. The Kier molecular flexibility index (Phi) is 6.22. The predicted octanol–water partition coefficient (Wildman–Crippen LogP) is 2.77. The van der Waals surface area contributed by atoms with Crippen LogP contribution in [-0.2, 0) is 6.54 Å². The number of piperazine rings is 1. The van der Waals surface area contributed by atoms with Crippen LogP contribution in [0.5, 0.6) is 0 Å². The quantitative estimate of drug-likeness (QED) is 0.576. The molecule has 2 atom stereocenters. The van der Waals surface area contributed by atoms with Gasteiger partial charge >= 0.3 is 5.69 Å². The summed E-state index contributed by atoms with van der Waals surface area (Å²) in [6.45, 7) is 10.0. The van der Waals surface area contributed by atoms with Gasteiger partial charge in [0.15, 0.2) is 0 Å². The van der Waals surface area contributed by atoms with E-state index in [9.17, 15) is 10.1 Å². The Morgan fingerprint density at radius 1 is 1.03 bits per heavy atom. The lowest BCUT2D eigenvalue weighted by Gasteiger charge is -2.37. The van der Waals surface area contributed by atoms with Gasteiger partial charge in [-0.25, -0.2) is 0 Å². The fourth-order valence-corrected chi connectivity index (χ4v) is 4.77. The summed E-state index contributed by atoms with van der Waals surface area (Å²) in [5.41, 5.74) is 7.20. The van der Waals surface area contributed by atoms with E-state index in [1.165, 1.54) is 5.56 Å². The van der Waals surface area contributed by atoms with Crippen molar-refractivity contribution in [2.45, 2.75) is 26.8 Å². The van der Waals surface area contributed by atoms with Crippen molar-refractivity contribution in [3.8, 4) is 0 Å². The summed E-state index contributed by atoms with van der Waals surface area (Å²) in [6.07, 6.45) is 1.11. The van der Waals surface area contributed by atoms with Crippen molar-refractivity contribution in [1.29, 1.82) is 0 Å². The highest BCUT2D eigenvalue weighted by atomic mass is 16.6. The average molecular weight is 426 g/mol. The minimum atomic E-state index is -0.448. The zero-order valence-corrected chi connectivity index (χ0v) is 18.3. The molecule has 166 valence electrons. The zero-order valence-electron chi connectivity index (χ0n) is 18.3. The van der Waals surface area contributed by atoms with E-state index in [4.69, 9.17) is 5.73 Å². The number of nitrogens with zero attached hydrogens (tertiary/aromatic N) is 6. The molecule has 0 unspecified atom stereocenters. The van der Waals surface area contributed by atoms with E-state index in [1.54, 1.807) is 0 Å². The monoisotopic (exact) mass is 425 g/mol. The minimum absolute atomic E-state index is 0.0532. The van der Waals surface area contributed by atoms with E-state index in [1.807, 2.05) is 11.0 Å². The normalized spacial score (nSPS) is 22.5. The first kappa shape index (κ1) is 21.3. The number of aromatic nitrogens is 2. The van der Waals surface area contributed by atoms with Crippen LogP contribution in [0.25, 0.3) is 0 Å². The Bertz CT molecular complexity index is 906. The summed E-state index contributed by atoms with van der Waals surface area (Å²) in [7, 11) is 0. The van der Waals surface area contributed by atoms with E-state index in [0.717, 1.165) is 52.2 Å². The topological polar surface area (TPSA) is 105 Å². The lowest BCUT2D eigenvalue weighted by molar-refractivity contribution is -0.383. The van der Waals surface area contributed by atoms with Crippen molar-refractivity contribution >= 4 is 23.3 Å². The third-order valence-electron chi connectivity index (χ3n) is 6.14. The Morgan fingerprint density at radius 2 is 1.68 bits per heavy atom. The van der Waals surface area contributed by atoms with Gasteiger partial charge < -0.3 is 15.5 Å². The number of nitrogens with two attached hydrogens (primary N) is 1. The molecule has 2 fully saturated rings. The largest absolute Gasteiger partial charge is 0.378 e. The molecule has 0 aliphatic carbocycles. The summed E-state index contributed by atoms with van der Waals surface area (Å²) < 4.78 is 0. The Labute approximate surface area is 183 Å². The van der Waals surface area contributed by atoms with Crippen LogP contribution < -0.4 is 15.5 Å². The standard InChI is InChI=1S/C22H31N7O2/c1-16-12-17(2)14-28(13-16)21-19(29(30)31)20(23)24-22(25-21)27-10-8-26(9-11-27)15-18-6-4-3-5-7-18/h3-7,16-17H,8-15H2,1-2H3,(H2,23,24,25)/t16-,17+. The molecule has 2 aliphatic rings. The number of nitrogen functional groups attached to an aromatic ring is 1. The van der Waals surface area contributed by atoms with Gasteiger partial charge in [-0.2, -0.15) is 9.97 Å². The SMILES string of the molecule is C[C@@H]1C[C@H](C)CN(c2nc(N3CCN(Cc4ccccc4)CC3)nc(N)c2[N+](=O)[O-])C1. The number of piperidine rings is 1. The number of nitro groups is 1. The molecule has 2 N–H and O–H groups in total. The molecule has 2 aliphatic heterocycles. The predicted molar refractivity (Wildman–Crippen MR) is 122 cm³/mol. The van der Waals surface area contributed by atoms with Crippen LogP contribution in [0, 0.1) is 22.0 Å². The molecule has 2 aromatic rings. The fourth-order valence-electron chi connectivity index (χ4n) is 4.77. The smallest absolute Gasteiger partial charge is 0.353 e. The number of hydrogen-bond donors (Lipinski definition) is 1. The first-order valence-corrected chi connectivity index (χ1v) is 11.0. The summed E-state index contributed by atoms with van der Waals surface area (Å²) in [4.78, 5) is 26.8. The highest BCUT2D eigenvalue weighted by molar-refractivity contribution is 5.71. The van der Waals surface area contributed by atoms with E-state index < -0.39 is 4.92 Å². The van der Waals surface area contributed by atoms with Crippen LogP contribution in [0.4, 0.5) is 23.3 Å². The van der Waals surface area contributed by atoms with E-state index >= 15 is 0 Å². The van der Waals surface area contributed by atoms with Crippen molar-refractivity contribution in [3.05, 3.63) is 46.0 Å². The highest BCUT2D eigenvalue weighted by Gasteiger charge is 2.33. The zero-order chi connectivity index (χ0) is 22.0. The van der Waals surface area contributed by atoms with Crippen LogP contribution in [0.15, 0.2) is 30.3 Å². The van der Waals surface area contributed by atoms with Gasteiger partial charge in [0.25, 0.3) is 0 Å². The number of rotatable bonds is 5. The second-order valence-corrected chi connectivity index (χ2v) is 8.94. The molecule has 0 spiro atoms. The van der Waals surface area contributed by atoms with Crippen LogP contribution in [0.3, 0.4) is 0 Å². The Hall–Kier alpha value is -2.94. The van der Waals surface area contributed by atoms with Crippen molar-refractivity contribution in [2.24, 2.45) is 11.8 Å². The molecule has 3 heterocycles. The summed E-state index contributed by atoms with van der Waals surface area (Å²) in [5.74, 6) is 1.69. The van der Waals surface area contributed by atoms with Crippen LogP contribution in [0.1, 0.15) is 25.8 Å². The minimum Gasteiger partial charge on any atom is -0.378 e. The molecule has 9 heteroatoms. The van der Waals surface area contributed by atoms with Gasteiger partial charge in [-0.15, -0.1) is 0 Å². The molecule has 1 aromatic heterocycles.